The largest absolute Gasteiger partial charge is 0.480 e. The lowest BCUT2D eigenvalue weighted by atomic mass is 9.96. The van der Waals surface area contributed by atoms with Crippen LogP contribution in [0.25, 0.3) is 6.08 Å². The van der Waals surface area contributed by atoms with Crippen molar-refractivity contribution >= 4 is 35.2 Å². The molecular formula is C16H10Cl2O3. The maximum absolute atomic E-state index is 11.5. The lowest BCUT2D eigenvalue weighted by molar-refractivity contribution is -0.133. The monoisotopic (exact) mass is 320 g/mol. The zero-order valence-corrected chi connectivity index (χ0v) is 12.2. The van der Waals surface area contributed by atoms with Crippen LogP contribution in [0.4, 0.5) is 0 Å². The fourth-order valence-electron chi connectivity index (χ4n) is 2.29. The first-order valence-corrected chi connectivity index (χ1v) is 6.97. The van der Waals surface area contributed by atoms with Crippen molar-refractivity contribution in [3.8, 4) is 5.75 Å². The first kappa shape index (κ1) is 14.0. The van der Waals surface area contributed by atoms with Gasteiger partial charge in [-0.05, 0) is 30.3 Å². The van der Waals surface area contributed by atoms with Crippen molar-refractivity contribution in [2.45, 2.75) is 6.10 Å². The second kappa shape index (κ2) is 5.43. The molecule has 106 valence electrons. The van der Waals surface area contributed by atoms with Gasteiger partial charge >= 0.3 is 5.97 Å². The fraction of sp³-hybridized carbons (Fsp3) is 0.0625. The molecule has 1 aliphatic heterocycles. The van der Waals surface area contributed by atoms with Crippen molar-refractivity contribution in [3.63, 3.8) is 0 Å². The SMILES string of the molecule is O=C(O)C1=Cc2ccccc2OC1c1cc(Cl)cc(Cl)c1. The van der Waals surface area contributed by atoms with Crippen LogP contribution in [0.5, 0.6) is 5.75 Å². The van der Waals surface area contributed by atoms with Gasteiger partial charge in [0.15, 0.2) is 6.10 Å². The smallest absolute Gasteiger partial charge is 0.335 e. The number of fused-ring (bicyclic) bond motifs is 1. The summed E-state index contributed by atoms with van der Waals surface area (Å²) in [5, 5.41) is 10.3. The molecule has 1 N–H and O–H groups in total. The highest BCUT2D eigenvalue weighted by molar-refractivity contribution is 6.34. The molecule has 1 unspecified atom stereocenters. The number of hydrogen-bond donors (Lipinski definition) is 1. The van der Waals surface area contributed by atoms with Gasteiger partial charge in [0.1, 0.15) is 5.75 Å². The highest BCUT2D eigenvalue weighted by Gasteiger charge is 2.29. The van der Waals surface area contributed by atoms with Crippen LogP contribution in [0.1, 0.15) is 17.2 Å². The Bertz CT molecular complexity index is 733. The van der Waals surface area contributed by atoms with Crippen LogP contribution in [0, 0.1) is 0 Å². The van der Waals surface area contributed by atoms with E-state index in [9.17, 15) is 9.90 Å². The number of hydrogen-bond acceptors (Lipinski definition) is 2. The van der Waals surface area contributed by atoms with Gasteiger partial charge in [-0.3, -0.25) is 0 Å². The van der Waals surface area contributed by atoms with Crippen LogP contribution >= 0.6 is 23.2 Å². The number of rotatable bonds is 2. The molecule has 0 aliphatic carbocycles. The number of halogens is 2. The molecule has 0 spiro atoms. The van der Waals surface area contributed by atoms with Gasteiger partial charge in [0.2, 0.25) is 0 Å². The average molecular weight is 321 g/mol. The molecule has 0 radical (unpaired) electrons. The third-order valence-electron chi connectivity index (χ3n) is 3.19. The van der Waals surface area contributed by atoms with Crippen LogP contribution in [-0.2, 0) is 4.79 Å². The van der Waals surface area contributed by atoms with E-state index in [0.29, 0.717) is 21.4 Å². The molecule has 3 nitrogen and oxygen atoms in total. The summed E-state index contributed by atoms with van der Waals surface area (Å²) in [6.07, 6.45) is 0.870. The van der Waals surface area contributed by atoms with Crippen molar-refractivity contribution in [1.82, 2.24) is 0 Å². The number of para-hydroxylation sites is 1. The van der Waals surface area contributed by atoms with E-state index in [2.05, 4.69) is 0 Å². The van der Waals surface area contributed by atoms with E-state index in [0.717, 1.165) is 5.56 Å². The average Bonchev–Trinajstić information content (AvgIpc) is 2.44. The highest BCUT2D eigenvalue weighted by atomic mass is 35.5. The fourth-order valence-corrected chi connectivity index (χ4v) is 2.83. The summed E-state index contributed by atoms with van der Waals surface area (Å²) >= 11 is 12.0. The Morgan fingerprint density at radius 1 is 1.10 bits per heavy atom. The van der Waals surface area contributed by atoms with Gasteiger partial charge < -0.3 is 9.84 Å². The van der Waals surface area contributed by atoms with Crippen molar-refractivity contribution in [1.29, 1.82) is 0 Å². The van der Waals surface area contributed by atoms with Gasteiger partial charge in [-0.15, -0.1) is 0 Å². The van der Waals surface area contributed by atoms with E-state index in [-0.39, 0.29) is 5.57 Å². The minimum Gasteiger partial charge on any atom is -0.480 e. The number of aliphatic carboxylic acids is 1. The van der Waals surface area contributed by atoms with Crippen LogP contribution in [0.2, 0.25) is 10.0 Å². The highest BCUT2D eigenvalue weighted by Crippen LogP contribution is 2.38. The minimum absolute atomic E-state index is 0.145. The van der Waals surface area contributed by atoms with Crippen LogP contribution in [-0.4, -0.2) is 11.1 Å². The molecule has 0 bridgehead atoms. The zero-order chi connectivity index (χ0) is 15.0. The molecule has 1 aliphatic rings. The molecule has 1 atom stereocenters. The lowest BCUT2D eigenvalue weighted by Crippen LogP contribution is -2.20. The predicted octanol–water partition coefficient (Wildman–Crippen LogP) is 4.60. The number of ether oxygens (including phenoxy) is 1. The van der Waals surface area contributed by atoms with Gasteiger partial charge in [-0.2, -0.15) is 0 Å². The van der Waals surface area contributed by atoms with E-state index < -0.39 is 12.1 Å². The van der Waals surface area contributed by atoms with E-state index in [1.54, 1.807) is 36.4 Å². The Kier molecular flexibility index (Phi) is 3.62. The van der Waals surface area contributed by atoms with Gasteiger partial charge in [-0.1, -0.05) is 41.4 Å². The summed E-state index contributed by atoms with van der Waals surface area (Å²) in [7, 11) is 0. The second-order valence-electron chi connectivity index (χ2n) is 4.64. The predicted molar refractivity (Wildman–Crippen MR) is 81.9 cm³/mol. The Morgan fingerprint density at radius 3 is 2.43 bits per heavy atom. The van der Waals surface area contributed by atoms with Gasteiger partial charge in [0, 0.05) is 21.2 Å². The normalized spacial score (nSPS) is 16.7. The Balaban J connectivity index is 2.12. The van der Waals surface area contributed by atoms with Crippen LogP contribution in [0.3, 0.4) is 0 Å². The maximum atomic E-state index is 11.5. The summed E-state index contributed by atoms with van der Waals surface area (Å²) in [5.41, 5.74) is 1.49. The Hall–Kier alpha value is -1.97. The second-order valence-corrected chi connectivity index (χ2v) is 5.52. The molecule has 1 heterocycles. The molecule has 5 heteroatoms. The molecule has 2 aromatic carbocycles. The van der Waals surface area contributed by atoms with Gasteiger partial charge in [0.05, 0.1) is 5.57 Å². The van der Waals surface area contributed by atoms with Crippen molar-refractivity contribution in [2.75, 3.05) is 0 Å². The van der Waals surface area contributed by atoms with Crippen molar-refractivity contribution in [3.05, 3.63) is 69.2 Å². The van der Waals surface area contributed by atoms with Crippen molar-refractivity contribution < 1.29 is 14.6 Å². The zero-order valence-electron chi connectivity index (χ0n) is 10.7. The van der Waals surface area contributed by atoms with Gasteiger partial charge in [-0.25, -0.2) is 4.79 Å². The molecule has 0 fully saturated rings. The van der Waals surface area contributed by atoms with Crippen LogP contribution in [0.15, 0.2) is 48.0 Å². The number of carboxylic acids is 1. The summed E-state index contributed by atoms with van der Waals surface area (Å²) in [6, 6.07) is 12.2. The summed E-state index contributed by atoms with van der Waals surface area (Å²) in [6.45, 7) is 0. The number of benzene rings is 2. The minimum atomic E-state index is -1.04. The first-order valence-electron chi connectivity index (χ1n) is 6.21. The molecule has 3 rings (SSSR count). The van der Waals surface area contributed by atoms with E-state index in [1.165, 1.54) is 0 Å². The molecule has 0 aromatic heterocycles. The lowest BCUT2D eigenvalue weighted by Gasteiger charge is -2.26. The summed E-state index contributed by atoms with van der Waals surface area (Å²) < 4.78 is 5.84. The first-order chi connectivity index (χ1) is 10.0. The topological polar surface area (TPSA) is 46.5 Å². The van der Waals surface area contributed by atoms with E-state index in [1.807, 2.05) is 12.1 Å². The molecule has 0 amide bonds. The standard InChI is InChI=1S/C16H10Cl2O3/c17-11-5-10(6-12(18)8-11)15-13(16(19)20)7-9-3-1-2-4-14(9)21-15/h1-8,15H,(H,19,20). The molecular weight excluding hydrogens is 311 g/mol. The summed E-state index contributed by atoms with van der Waals surface area (Å²) in [5.74, 6) is -0.408. The quantitative estimate of drug-likeness (QED) is 0.879. The Labute approximate surface area is 131 Å². The third-order valence-corrected chi connectivity index (χ3v) is 3.63. The molecule has 21 heavy (non-hydrogen) atoms. The summed E-state index contributed by atoms with van der Waals surface area (Å²) in [4.78, 5) is 11.5. The molecule has 0 saturated carbocycles. The third kappa shape index (κ3) is 2.75. The van der Waals surface area contributed by atoms with Crippen LogP contribution < -0.4 is 4.74 Å². The molecule has 0 saturated heterocycles. The number of carboxylic acid groups (broad SMARTS) is 1. The van der Waals surface area contributed by atoms with Gasteiger partial charge in [0.25, 0.3) is 0 Å². The maximum Gasteiger partial charge on any atom is 0.335 e. The Morgan fingerprint density at radius 2 is 1.76 bits per heavy atom. The van der Waals surface area contributed by atoms with E-state index in [4.69, 9.17) is 27.9 Å². The molecule has 2 aromatic rings. The van der Waals surface area contributed by atoms with Crippen molar-refractivity contribution in [2.24, 2.45) is 0 Å². The van der Waals surface area contributed by atoms with E-state index >= 15 is 0 Å². The number of carbonyl (C=O) groups is 1.